The maximum absolute atomic E-state index is 13.3. The number of hydrogen-bond acceptors (Lipinski definition) is 7. The van der Waals surface area contributed by atoms with Crippen LogP contribution in [0.4, 0.5) is 4.39 Å². The molecule has 0 fully saturated rings. The van der Waals surface area contributed by atoms with E-state index in [1.54, 1.807) is 54.6 Å². The molecule has 0 atom stereocenters. The monoisotopic (exact) mass is 574 g/mol. The summed E-state index contributed by atoms with van der Waals surface area (Å²) in [4.78, 5) is 35.8. The standard InChI is InChI=1S/C29H23FN4O4S2/c1-18-25-15-16-26(35)34(27(25)33-29(32-18)39-23-11-7-21(30)8-12-23)22-9-5-20(6-10-22)28(36)31-17-19-3-13-24(14-4-19)40(2,37)38/h3-16H,17H2,1-2H3,(H,31,36). The number of aryl methyl sites for hydroxylation is 1. The minimum atomic E-state index is -3.29. The number of nitrogens with zero attached hydrogens (tertiary/aromatic N) is 3. The number of rotatable bonds is 7. The predicted octanol–water partition coefficient (Wildman–Crippen LogP) is 4.71. The second kappa shape index (κ2) is 11.0. The van der Waals surface area contributed by atoms with Gasteiger partial charge in [0.25, 0.3) is 11.5 Å². The Morgan fingerprint density at radius 3 is 2.25 bits per heavy atom. The van der Waals surface area contributed by atoms with Crippen molar-refractivity contribution in [3.8, 4) is 5.69 Å². The van der Waals surface area contributed by atoms with Crippen molar-refractivity contribution in [1.82, 2.24) is 19.9 Å². The number of amides is 1. The smallest absolute Gasteiger partial charge is 0.256 e. The number of benzene rings is 3. The highest BCUT2D eigenvalue weighted by molar-refractivity contribution is 7.99. The number of carbonyl (C=O) groups is 1. The van der Waals surface area contributed by atoms with E-state index in [0.29, 0.717) is 33.1 Å². The summed E-state index contributed by atoms with van der Waals surface area (Å²) in [6.45, 7) is 2.05. The third-order valence-corrected chi connectivity index (χ3v) is 8.14. The van der Waals surface area contributed by atoms with Crippen LogP contribution in [0.15, 0.2) is 105 Å². The van der Waals surface area contributed by atoms with Gasteiger partial charge in [0.15, 0.2) is 20.6 Å². The SMILES string of the molecule is Cc1nc(Sc2ccc(F)cc2)nc2c1ccc(=O)n2-c1ccc(C(=O)NCc2ccc(S(C)(=O)=O)cc2)cc1. The molecular formula is C29H23FN4O4S2. The summed E-state index contributed by atoms with van der Waals surface area (Å²) in [6.07, 6.45) is 1.14. The molecule has 0 saturated carbocycles. The van der Waals surface area contributed by atoms with E-state index in [1.807, 2.05) is 6.92 Å². The van der Waals surface area contributed by atoms with E-state index >= 15 is 0 Å². The number of fused-ring (bicyclic) bond motifs is 1. The van der Waals surface area contributed by atoms with Gasteiger partial charge in [0.2, 0.25) is 0 Å². The fraction of sp³-hybridized carbons (Fsp3) is 0.103. The minimum absolute atomic E-state index is 0.212. The largest absolute Gasteiger partial charge is 0.348 e. The second-order valence-corrected chi connectivity index (χ2v) is 12.1. The van der Waals surface area contributed by atoms with Gasteiger partial charge in [0, 0.05) is 34.7 Å². The van der Waals surface area contributed by atoms with Crippen LogP contribution in [0.5, 0.6) is 0 Å². The summed E-state index contributed by atoms with van der Waals surface area (Å²) in [6, 6.07) is 22.0. The summed E-state index contributed by atoms with van der Waals surface area (Å²) in [5, 5.41) is 3.93. The van der Waals surface area contributed by atoms with Crippen LogP contribution in [0, 0.1) is 12.7 Å². The highest BCUT2D eigenvalue weighted by atomic mass is 32.2. The molecule has 1 N–H and O–H groups in total. The molecule has 2 aromatic heterocycles. The van der Waals surface area contributed by atoms with E-state index < -0.39 is 9.84 Å². The zero-order valence-electron chi connectivity index (χ0n) is 21.5. The van der Waals surface area contributed by atoms with E-state index in [-0.39, 0.29) is 28.7 Å². The molecule has 0 bridgehead atoms. The van der Waals surface area contributed by atoms with Crippen LogP contribution in [0.25, 0.3) is 16.7 Å². The average Bonchev–Trinajstić information content (AvgIpc) is 2.93. The van der Waals surface area contributed by atoms with Crippen molar-refractivity contribution >= 4 is 38.5 Å². The fourth-order valence-electron chi connectivity index (χ4n) is 4.04. The van der Waals surface area contributed by atoms with Gasteiger partial charge in [-0.05, 0) is 91.0 Å². The Hall–Kier alpha value is -4.35. The summed E-state index contributed by atoms with van der Waals surface area (Å²) in [5.74, 6) is -0.658. The van der Waals surface area contributed by atoms with Crippen LogP contribution in [0.1, 0.15) is 21.6 Å². The summed E-state index contributed by atoms with van der Waals surface area (Å²) in [5.41, 5.74) is 2.48. The first-order valence-corrected chi connectivity index (χ1v) is 14.8. The molecule has 8 nitrogen and oxygen atoms in total. The van der Waals surface area contributed by atoms with E-state index in [9.17, 15) is 22.4 Å². The second-order valence-electron chi connectivity index (χ2n) is 9.04. The van der Waals surface area contributed by atoms with Gasteiger partial charge < -0.3 is 5.32 Å². The predicted molar refractivity (Wildman–Crippen MR) is 151 cm³/mol. The van der Waals surface area contributed by atoms with Crippen molar-refractivity contribution in [2.24, 2.45) is 0 Å². The third kappa shape index (κ3) is 5.95. The molecule has 0 aliphatic heterocycles. The first-order valence-electron chi connectivity index (χ1n) is 12.1. The van der Waals surface area contributed by atoms with Crippen molar-refractivity contribution in [3.63, 3.8) is 0 Å². The molecular weight excluding hydrogens is 551 g/mol. The van der Waals surface area contributed by atoms with Gasteiger partial charge in [-0.1, -0.05) is 12.1 Å². The number of nitrogens with one attached hydrogen (secondary N) is 1. The van der Waals surface area contributed by atoms with E-state index in [0.717, 1.165) is 16.7 Å². The van der Waals surface area contributed by atoms with Gasteiger partial charge in [-0.2, -0.15) is 0 Å². The van der Waals surface area contributed by atoms with Crippen LogP contribution in [-0.2, 0) is 16.4 Å². The first-order chi connectivity index (χ1) is 19.1. The van der Waals surface area contributed by atoms with E-state index in [2.05, 4.69) is 15.3 Å². The lowest BCUT2D eigenvalue weighted by atomic mass is 10.1. The molecule has 3 aromatic carbocycles. The third-order valence-electron chi connectivity index (χ3n) is 6.14. The van der Waals surface area contributed by atoms with Gasteiger partial charge in [-0.25, -0.2) is 22.8 Å². The Morgan fingerprint density at radius 2 is 1.60 bits per heavy atom. The molecule has 0 unspecified atom stereocenters. The van der Waals surface area contributed by atoms with Crippen molar-refractivity contribution in [2.75, 3.05) is 6.26 Å². The molecule has 5 rings (SSSR count). The average molecular weight is 575 g/mol. The number of sulfone groups is 1. The van der Waals surface area contributed by atoms with Crippen LogP contribution in [0.2, 0.25) is 0 Å². The number of hydrogen-bond donors (Lipinski definition) is 1. The molecule has 40 heavy (non-hydrogen) atoms. The molecule has 5 aromatic rings. The van der Waals surface area contributed by atoms with Crippen LogP contribution in [0.3, 0.4) is 0 Å². The van der Waals surface area contributed by atoms with Gasteiger partial charge in [-0.15, -0.1) is 0 Å². The van der Waals surface area contributed by atoms with Crippen LogP contribution in [-0.4, -0.2) is 35.1 Å². The maximum atomic E-state index is 13.3. The highest BCUT2D eigenvalue weighted by Gasteiger charge is 2.14. The topological polar surface area (TPSA) is 111 Å². The number of halogens is 1. The summed E-state index contributed by atoms with van der Waals surface area (Å²) in [7, 11) is -3.29. The number of aromatic nitrogens is 3. The molecule has 0 aliphatic carbocycles. The highest BCUT2D eigenvalue weighted by Crippen LogP contribution is 2.27. The van der Waals surface area contributed by atoms with Gasteiger partial charge in [-0.3, -0.25) is 14.2 Å². The van der Waals surface area contributed by atoms with Gasteiger partial charge in [0.05, 0.1) is 16.3 Å². The van der Waals surface area contributed by atoms with Crippen LogP contribution >= 0.6 is 11.8 Å². The molecule has 11 heteroatoms. The Bertz CT molecular complexity index is 1890. The minimum Gasteiger partial charge on any atom is -0.348 e. The zero-order valence-corrected chi connectivity index (χ0v) is 23.1. The molecule has 0 spiro atoms. The quantitative estimate of drug-likeness (QED) is 0.280. The zero-order chi connectivity index (χ0) is 28.4. The summed E-state index contributed by atoms with van der Waals surface area (Å²) >= 11 is 1.26. The lowest BCUT2D eigenvalue weighted by Gasteiger charge is -2.12. The Labute approximate surface area is 233 Å². The van der Waals surface area contributed by atoms with Crippen molar-refractivity contribution in [3.05, 3.63) is 118 Å². The lowest BCUT2D eigenvalue weighted by Crippen LogP contribution is -2.23. The Balaban J connectivity index is 1.39. The molecule has 2 heterocycles. The lowest BCUT2D eigenvalue weighted by molar-refractivity contribution is 0.0951. The maximum Gasteiger partial charge on any atom is 0.256 e. The van der Waals surface area contributed by atoms with Crippen molar-refractivity contribution < 1.29 is 17.6 Å². The van der Waals surface area contributed by atoms with Crippen molar-refractivity contribution in [1.29, 1.82) is 0 Å². The van der Waals surface area contributed by atoms with Crippen LogP contribution < -0.4 is 10.9 Å². The Morgan fingerprint density at radius 1 is 0.925 bits per heavy atom. The molecule has 202 valence electrons. The van der Waals surface area contributed by atoms with Gasteiger partial charge in [0.1, 0.15) is 5.82 Å². The van der Waals surface area contributed by atoms with E-state index in [4.69, 9.17) is 0 Å². The van der Waals surface area contributed by atoms with Crippen molar-refractivity contribution in [2.45, 2.75) is 28.4 Å². The molecule has 0 saturated heterocycles. The number of pyridine rings is 1. The fourth-order valence-corrected chi connectivity index (χ4v) is 5.47. The molecule has 1 amide bonds. The Kier molecular flexibility index (Phi) is 7.51. The normalized spacial score (nSPS) is 11.5. The van der Waals surface area contributed by atoms with Gasteiger partial charge >= 0.3 is 0 Å². The van der Waals surface area contributed by atoms with E-state index in [1.165, 1.54) is 46.7 Å². The first kappa shape index (κ1) is 27.2. The molecule has 0 radical (unpaired) electrons. The number of carbonyl (C=O) groups excluding carboxylic acids is 1. The molecule has 0 aliphatic rings. The summed E-state index contributed by atoms with van der Waals surface area (Å²) < 4.78 is 38.0.